The van der Waals surface area contributed by atoms with Gasteiger partial charge >= 0.3 is 5.97 Å². The first kappa shape index (κ1) is 20.8. The molecule has 0 fully saturated rings. The van der Waals surface area contributed by atoms with Crippen LogP contribution in [0, 0.1) is 11.6 Å². The van der Waals surface area contributed by atoms with Crippen LogP contribution < -0.4 is 0 Å². The molecule has 0 radical (unpaired) electrons. The van der Waals surface area contributed by atoms with Gasteiger partial charge in [0.15, 0.2) is 0 Å². The van der Waals surface area contributed by atoms with E-state index in [1.165, 1.54) is 24.1 Å². The predicted molar refractivity (Wildman–Crippen MR) is 107 cm³/mol. The molecule has 2 aromatic carbocycles. The number of carbonyl (C=O) groups is 1. The summed E-state index contributed by atoms with van der Waals surface area (Å²) in [6.07, 6.45) is 3.81. The molecule has 0 spiro atoms. The highest BCUT2D eigenvalue weighted by atomic mass is 32.2. The lowest BCUT2D eigenvalue weighted by molar-refractivity contribution is -0.137. The van der Waals surface area contributed by atoms with Gasteiger partial charge in [-0.3, -0.25) is 4.79 Å². The van der Waals surface area contributed by atoms with E-state index < -0.39 is 33.7 Å². The van der Waals surface area contributed by atoms with Gasteiger partial charge in [-0.2, -0.15) is 25.3 Å². The van der Waals surface area contributed by atoms with E-state index in [4.69, 9.17) is 5.11 Å². The standard InChI is InChI=1S/C20H22F2O2S2/c1-2-3-4-5-13-6-8-14(9-7-13)15-10-16(21)19(17(22)11-15)20(25,26)12-18(23)24/h6-11,25-26H,2-5,12H2,1H3,(H,23,24). The molecule has 0 atom stereocenters. The van der Waals surface area contributed by atoms with E-state index in [0.717, 1.165) is 19.3 Å². The van der Waals surface area contributed by atoms with E-state index in [9.17, 15) is 13.6 Å². The first-order valence-electron chi connectivity index (χ1n) is 8.50. The third kappa shape index (κ3) is 5.24. The zero-order valence-electron chi connectivity index (χ0n) is 14.5. The Hall–Kier alpha value is -1.53. The SMILES string of the molecule is CCCCCc1ccc(-c2cc(F)c(C(S)(S)CC(=O)O)c(F)c2)cc1. The van der Waals surface area contributed by atoms with E-state index in [0.29, 0.717) is 11.1 Å². The van der Waals surface area contributed by atoms with Crippen molar-refractivity contribution in [1.82, 2.24) is 0 Å². The van der Waals surface area contributed by atoms with Crippen molar-refractivity contribution in [2.75, 3.05) is 0 Å². The minimum Gasteiger partial charge on any atom is -0.481 e. The second-order valence-corrected chi connectivity index (χ2v) is 8.24. The van der Waals surface area contributed by atoms with E-state index in [1.54, 1.807) is 0 Å². The summed E-state index contributed by atoms with van der Waals surface area (Å²) in [5.74, 6) is -2.96. The molecule has 1 N–H and O–H groups in total. The highest BCUT2D eigenvalue weighted by molar-refractivity contribution is 7.99. The molecule has 0 saturated carbocycles. The monoisotopic (exact) mass is 396 g/mol. The summed E-state index contributed by atoms with van der Waals surface area (Å²) in [4.78, 5) is 10.9. The Balaban J connectivity index is 2.28. The smallest absolute Gasteiger partial charge is 0.305 e. The maximum atomic E-state index is 14.5. The average Bonchev–Trinajstić information content (AvgIpc) is 2.53. The first-order chi connectivity index (χ1) is 12.2. The number of unbranched alkanes of at least 4 members (excludes halogenated alkanes) is 2. The fourth-order valence-electron chi connectivity index (χ4n) is 2.86. The number of hydrogen-bond donors (Lipinski definition) is 3. The molecule has 0 heterocycles. The van der Waals surface area contributed by atoms with Crippen LogP contribution in [0.3, 0.4) is 0 Å². The molecule has 0 aliphatic rings. The van der Waals surface area contributed by atoms with E-state index in [1.807, 2.05) is 24.3 Å². The maximum Gasteiger partial charge on any atom is 0.305 e. The molecule has 26 heavy (non-hydrogen) atoms. The van der Waals surface area contributed by atoms with Crippen LogP contribution in [-0.2, 0) is 15.3 Å². The van der Waals surface area contributed by atoms with Gasteiger partial charge in [0, 0.05) is 5.56 Å². The lowest BCUT2D eigenvalue weighted by atomic mass is 9.98. The van der Waals surface area contributed by atoms with E-state index in [2.05, 4.69) is 32.2 Å². The van der Waals surface area contributed by atoms with Gasteiger partial charge in [-0.1, -0.05) is 44.0 Å². The zero-order chi connectivity index (χ0) is 19.3. The number of carboxylic acids is 1. The average molecular weight is 397 g/mol. The van der Waals surface area contributed by atoms with Crippen molar-refractivity contribution in [3.05, 3.63) is 59.2 Å². The summed E-state index contributed by atoms with van der Waals surface area (Å²) >= 11 is 8.07. The summed E-state index contributed by atoms with van der Waals surface area (Å²) in [6, 6.07) is 9.96. The summed E-state index contributed by atoms with van der Waals surface area (Å²) in [7, 11) is 0. The molecule has 0 amide bonds. The molecule has 140 valence electrons. The van der Waals surface area contributed by atoms with Gasteiger partial charge in [-0.15, -0.1) is 0 Å². The summed E-state index contributed by atoms with van der Waals surface area (Å²) in [5.41, 5.74) is 1.81. The van der Waals surface area contributed by atoms with Gasteiger partial charge in [0.25, 0.3) is 0 Å². The topological polar surface area (TPSA) is 37.3 Å². The van der Waals surface area contributed by atoms with Crippen molar-refractivity contribution < 1.29 is 18.7 Å². The Bertz CT molecular complexity index is 751. The van der Waals surface area contributed by atoms with E-state index in [-0.39, 0.29) is 0 Å². The normalized spacial score (nSPS) is 11.6. The molecule has 2 nitrogen and oxygen atoms in total. The largest absolute Gasteiger partial charge is 0.481 e. The zero-order valence-corrected chi connectivity index (χ0v) is 16.3. The highest BCUT2D eigenvalue weighted by Gasteiger charge is 2.33. The molecule has 0 aliphatic carbocycles. The Morgan fingerprint density at radius 1 is 1.04 bits per heavy atom. The Morgan fingerprint density at radius 3 is 2.12 bits per heavy atom. The molecule has 0 aliphatic heterocycles. The molecule has 0 saturated heterocycles. The van der Waals surface area contributed by atoms with Gasteiger partial charge < -0.3 is 5.11 Å². The number of hydrogen-bond acceptors (Lipinski definition) is 3. The number of aryl methyl sites for hydroxylation is 1. The van der Waals surface area contributed by atoms with E-state index >= 15 is 0 Å². The van der Waals surface area contributed by atoms with Crippen LogP contribution in [0.4, 0.5) is 8.78 Å². The third-order valence-electron chi connectivity index (χ3n) is 4.20. The number of thiol groups is 2. The Labute approximate surface area is 163 Å². The van der Waals surface area contributed by atoms with Crippen LogP contribution in [0.2, 0.25) is 0 Å². The molecule has 2 aromatic rings. The fourth-order valence-corrected chi connectivity index (χ4v) is 3.56. The molecule has 0 aromatic heterocycles. The van der Waals surface area contributed by atoms with Crippen LogP contribution in [0.25, 0.3) is 11.1 Å². The molecule has 0 unspecified atom stereocenters. The van der Waals surface area contributed by atoms with Gasteiger partial charge in [-0.25, -0.2) is 8.78 Å². The highest BCUT2D eigenvalue weighted by Crippen LogP contribution is 2.40. The number of aliphatic carboxylic acids is 1. The molecule has 6 heteroatoms. The third-order valence-corrected chi connectivity index (χ3v) is 4.96. The van der Waals surface area contributed by atoms with Crippen LogP contribution in [-0.4, -0.2) is 11.1 Å². The predicted octanol–water partition coefficient (Wildman–Crippen LogP) is 5.85. The fraction of sp³-hybridized carbons (Fsp3) is 0.350. The van der Waals surface area contributed by atoms with Crippen LogP contribution >= 0.6 is 25.3 Å². The van der Waals surface area contributed by atoms with Crippen LogP contribution in [0.15, 0.2) is 36.4 Å². The van der Waals surface area contributed by atoms with Crippen molar-refractivity contribution in [1.29, 1.82) is 0 Å². The minimum atomic E-state index is -1.73. The Morgan fingerprint density at radius 2 is 1.62 bits per heavy atom. The second kappa shape index (κ2) is 8.91. The van der Waals surface area contributed by atoms with Gasteiger partial charge in [0.2, 0.25) is 0 Å². The number of benzene rings is 2. The second-order valence-electron chi connectivity index (χ2n) is 6.36. The molecule has 0 bridgehead atoms. The lowest BCUT2D eigenvalue weighted by Crippen LogP contribution is -2.20. The molecular formula is C20H22F2O2S2. The van der Waals surface area contributed by atoms with Crippen molar-refractivity contribution in [3.63, 3.8) is 0 Å². The van der Waals surface area contributed by atoms with Gasteiger partial charge in [-0.05, 0) is 41.7 Å². The van der Waals surface area contributed by atoms with Crippen LogP contribution in [0.1, 0.15) is 43.7 Å². The summed E-state index contributed by atoms with van der Waals surface area (Å²) in [6.45, 7) is 2.15. The van der Waals surface area contributed by atoms with Crippen LogP contribution in [0.5, 0.6) is 0 Å². The number of rotatable bonds is 8. The van der Waals surface area contributed by atoms with Crippen molar-refractivity contribution in [2.45, 2.75) is 43.1 Å². The summed E-state index contributed by atoms with van der Waals surface area (Å²) in [5, 5.41) is 8.89. The number of halogens is 2. The maximum absolute atomic E-state index is 14.5. The van der Waals surface area contributed by atoms with Gasteiger partial charge in [0.05, 0.1) is 10.5 Å². The quantitative estimate of drug-likeness (QED) is 0.297. The number of carboxylic acid groups (broad SMARTS) is 1. The molecular weight excluding hydrogens is 374 g/mol. The first-order valence-corrected chi connectivity index (χ1v) is 9.39. The van der Waals surface area contributed by atoms with Crippen molar-refractivity contribution >= 4 is 31.2 Å². The minimum absolute atomic E-state index is 0.386. The Kier molecular flexibility index (Phi) is 7.12. The molecule has 2 rings (SSSR count). The van der Waals surface area contributed by atoms with Gasteiger partial charge in [0.1, 0.15) is 11.6 Å². The van der Waals surface area contributed by atoms with Crippen molar-refractivity contribution in [2.24, 2.45) is 0 Å². The lowest BCUT2D eigenvalue weighted by Gasteiger charge is -2.22. The van der Waals surface area contributed by atoms with Crippen molar-refractivity contribution in [3.8, 4) is 11.1 Å². The summed E-state index contributed by atoms with van der Waals surface area (Å²) < 4.78 is 27.3.